The standard InChI is InChI=1S/C14H26N2O2/c1-5-16(7-8-17-6-2)11-13-9-12(3)14(18-13)10-15-4/h9,15H,5-8,10-11H2,1-4H3. The highest BCUT2D eigenvalue weighted by molar-refractivity contribution is 5.19. The minimum atomic E-state index is 0.781. The highest BCUT2D eigenvalue weighted by atomic mass is 16.5. The van der Waals surface area contributed by atoms with E-state index in [0.29, 0.717) is 0 Å². The second-order valence-corrected chi connectivity index (χ2v) is 4.41. The molecule has 18 heavy (non-hydrogen) atoms. The van der Waals surface area contributed by atoms with Crippen molar-refractivity contribution in [2.75, 3.05) is 33.4 Å². The van der Waals surface area contributed by atoms with Crippen molar-refractivity contribution < 1.29 is 9.15 Å². The van der Waals surface area contributed by atoms with Crippen molar-refractivity contribution in [2.24, 2.45) is 0 Å². The molecule has 0 unspecified atom stereocenters. The second kappa shape index (κ2) is 8.29. The van der Waals surface area contributed by atoms with Crippen LogP contribution >= 0.6 is 0 Å². The van der Waals surface area contributed by atoms with E-state index in [9.17, 15) is 0 Å². The van der Waals surface area contributed by atoms with Crippen LogP contribution in [0.3, 0.4) is 0 Å². The predicted octanol–water partition coefficient (Wildman–Crippen LogP) is 2.17. The van der Waals surface area contributed by atoms with Crippen LogP contribution in [0.2, 0.25) is 0 Å². The molecule has 0 atom stereocenters. The molecule has 1 rings (SSSR count). The van der Waals surface area contributed by atoms with E-state index in [2.05, 4.69) is 30.1 Å². The second-order valence-electron chi connectivity index (χ2n) is 4.41. The van der Waals surface area contributed by atoms with Crippen LogP contribution in [0.15, 0.2) is 10.5 Å². The lowest BCUT2D eigenvalue weighted by Gasteiger charge is -2.18. The van der Waals surface area contributed by atoms with Crippen molar-refractivity contribution in [3.63, 3.8) is 0 Å². The highest BCUT2D eigenvalue weighted by Crippen LogP contribution is 2.16. The van der Waals surface area contributed by atoms with Gasteiger partial charge in [0.15, 0.2) is 0 Å². The molecule has 1 heterocycles. The molecule has 4 nitrogen and oxygen atoms in total. The van der Waals surface area contributed by atoms with Crippen molar-refractivity contribution >= 4 is 0 Å². The van der Waals surface area contributed by atoms with Crippen molar-refractivity contribution in [3.05, 3.63) is 23.2 Å². The first-order valence-corrected chi connectivity index (χ1v) is 6.74. The Labute approximate surface area is 110 Å². The first-order chi connectivity index (χ1) is 8.71. The van der Waals surface area contributed by atoms with Crippen LogP contribution in [-0.4, -0.2) is 38.3 Å². The fourth-order valence-electron chi connectivity index (χ4n) is 1.91. The lowest BCUT2D eigenvalue weighted by Crippen LogP contribution is -2.26. The van der Waals surface area contributed by atoms with Crippen LogP contribution < -0.4 is 5.32 Å². The summed E-state index contributed by atoms with van der Waals surface area (Å²) in [4.78, 5) is 2.33. The lowest BCUT2D eigenvalue weighted by atomic mass is 10.2. The summed E-state index contributed by atoms with van der Waals surface area (Å²) >= 11 is 0. The zero-order valence-electron chi connectivity index (χ0n) is 12.1. The molecule has 1 aromatic heterocycles. The number of ether oxygens (including phenoxy) is 1. The minimum absolute atomic E-state index is 0.781. The van der Waals surface area contributed by atoms with Gasteiger partial charge < -0.3 is 14.5 Å². The number of hydrogen-bond donors (Lipinski definition) is 1. The molecule has 0 aliphatic rings. The smallest absolute Gasteiger partial charge is 0.120 e. The Morgan fingerprint density at radius 3 is 2.78 bits per heavy atom. The Balaban J connectivity index is 2.50. The number of furan rings is 1. The van der Waals surface area contributed by atoms with Crippen LogP contribution in [-0.2, 0) is 17.8 Å². The summed E-state index contributed by atoms with van der Waals surface area (Å²) in [5.41, 5.74) is 1.22. The number of hydrogen-bond acceptors (Lipinski definition) is 4. The molecule has 0 aliphatic heterocycles. The summed E-state index contributed by atoms with van der Waals surface area (Å²) in [6.45, 7) is 11.4. The molecule has 0 radical (unpaired) electrons. The highest BCUT2D eigenvalue weighted by Gasteiger charge is 2.10. The Morgan fingerprint density at radius 2 is 2.17 bits per heavy atom. The first kappa shape index (κ1) is 15.2. The number of nitrogens with zero attached hydrogens (tertiary/aromatic N) is 1. The molecule has 0 bridgehead atoms. The van der Waals surface area contributed by atoms with E-state index >= 15 is 0 Å². The van der Waals surface area contributed by atoms with E-state index in [1.54, 1.807) is 0 Å². The number of nitrogens with one attached hydrogen (secondary N) is 1. The average molecular weight is 254 g/mol. The van der Waals surface area contributed by atoms with Gasteiger partial charge in [0.25, 0.3) is 0 Å². The normalized spacial score (nSPS) is 11.4. The van der Waals surface area contributed by atoms with E-state index in [-0.39, 0.29) is 0 Å². The van der Waals surface area contributed by atoms with Gasteiger partial charge in [-0.1, -0.05) is 6.92 Å². The van der Waals surface area contributed by atoms with Crippen molar-refractivity contribution in [1.29, 1.82) is 0 Å². The molecule has 0 saturated carbocycles. The monoisotopic (exact) mass is 254 g/mol. The van der Waals surface area contributed by atoms with Crippen molar-refractivity contribution in [3.8, 4) is 0 Å². The molecule has 1 N–H and O–H groups in total. The zero-order chi connectivity index (χ0) is 13.4. The molecule has 0 aromatic carbocycles. The summed E-state index contributed by atoms with van der Waals surface area (Å²) in [5.74, 6) is 2.07. The van der Waals surface area contributed by atoms with Gasteiger partial charge in [0, 0.05) is 13.2 Å². The van der Waals surface area contributed by atoms with Crippen LogP contribution in [0.1, 0.15) is 30.9 Å². The maximum atomic E-state index is 5.85. The van der Waals surface area contributed by atoms with Gasteiger partial charge in [0.05, 0.1) is 19.7 Å². The third kappa shape index (κ3) is 4.80. The van der Waals surface area contributed by atoms with E-state index in [0.717, 1.165) is 50.9 Å². The topological polar surface area (TPSA) is 37.6 Å². The lowest BCUT2D eigenvalue weighted by molar-refractivity contribution is 0.110. The molecule has 0 amide bonds. The van der Waals surface area contributed by atoms with Gasteiger partial charge in [-0.2, -0.15) is 0 Å². The van der Waals surface area contributed by atoms with E-state index in [1.807, 2.05) is 14.0 Å². The van der Waals surface area contributed by atoms with Gasteiger partial charge in [-0.05, 0) is 39.1 Å². The summed E-state index contributed by atoms with van der Waals surface area (Å²) in [6, 6.07) is 2.13. The average Bonchev–Trinajstić information content (AvgIpc) is 2.69. The predicted molar refractivity (Wildman–Crippen MR) is 73.7 cm³/mol. The Hall–Kier alpha value is -0.840. The van der Waals surface area contributed by atoms with Gasteiger partial charge in [0.1, 0.15) is 11.5 Å². The maximum Gasteiger partial charge on any atom is 0.120 e. The Morgan fingerprint density at radius 1 is 1.39 bits per heavy atom. The first-order valence-electron chi connectivity index (χ1n) is 6.74. The molecule has 0 aliphatic carbocycles. The van der Waals surface area contributed by atoms with E-state index in [1.165, 1.54) is 5.56 Å². The number of aryl methyl sites for hydroxylation is 1. The maximum absolute atomic E-state index is 5.85. The molecular formula is C14H26N2O2. The van der Waals surface area contributed by atoms with E-state index < -0.39 is 0 Å². The summed E-state index contributed by atoms with van der Waals surface area (Å²) in [6.07, 6.45) is 0. The van der Waals surface area contributed by atoms with Gasteiger partial charge in [0.2, 0.25) is 0 Å². The molecular weight excluding hydrogens is 228 g/mol. The largest absolute Gasteiger partial charge is 0.463 e. The minimum Gasteiger partial charge on any atom is -0.463 e. The molecule has 0 saturated heterocycles. The van der Waals surface area contributed by atoms with Gasteiger partial charge >= 0.3 is 0 Å². The summed E-state index contributed by atoms with van der Waals surface area (Å²) in [7, 11) is 1.93. The molecule has 1 aromatic rings. The van der Waals surface area contributed by atoms with Gasteiger partial charge in [-0.15, -0.1) is 0 Å². The SMILES string of the molecule is CCOCCN(CC)Cc1cc(C)c(CNC)o1. The zero-order valence-corrected chi connectivity index (χ0v) is 12.1. The fraction of sp³-hybridized carbons (Fsp3) is 0.714. The molecule has 0 fully saturated rings. The van der Waals surface area contributed by atoms with E-state index in [4.69, 9.17) is 9.15 Å². The van der Waals surface area contributed by atoms with Crippen molar-refractivity contribution in [1.82, 2.24) is 10.2 Å². The van der Waals surface area contributed by atoms with Crippen LogP contribution in [0, 0.1) is 6.92 Å². The summed E-state index contributed by atoms with van der Waals surface area (Å²) < 4.78 is 11.2. The third-order valence-electron chi connectivity index (χ3n) is 2.99. The molecule has 4 heteroatoms. The van der Waals surface area contributed by atoms with Gasteiger partial charge in [-0.3, -0.25) is 4.90 Å². The Kier molecular flexibility index (Phi) is 7.01. The quantitative estimate of drug-likeness (QED) is 0.685. The Bertz CT molecular complexity index is 337. The number of likely N-dealkylation sites (N-methyl/N-ethyl adjacent to an activating group) is 1. The number of rotatable bonds is 9. The van der Waals surface area contributed by atoms with Crippen LogP contribution in [0.25, 0.3) is 0 Å². The van der Waals surface area contributed by atoms with Crippen LogP contribution in [0.4, 0.5) is 0 Å². The third-order valence-corrected chi connectivity index (χ3v) is 2.99. The summed E-state index contributed by atoms with van der Waals surface area (Å²) in [5, 5.41) is 3.12. The van der Waals surface area contributed by atoms with Gasteiger partial charge in [-0.25, -0.2) is 0 Å². The van der Waals surface area contributed by atoms with Crippen molar-refractivity contribution in [2.45, 2.75) is 33.9 Å². The van der Waals surface area contributed by atoms with Crippen LogP contribution in [0.5, 0.6) is 0 Å². The molecule has 0 spiro atoms. The molecule has 104 valence electrons. The fourth-order valence-corrected chi connectivity index (χ4v) is 1.91.